The predicted molar refractivity (Wildman–Crippen MR) is 209 cm³/mol. The Hall–Kier alpha value is -4.58. The highest BCUT2D eigenvalue weighted by molar-refractivity contribution is 6.31. The fourth-order valence-electron chi connectivity index (χ4n) is 6.96. The fraction of sp³-hybridized carbons (Fsp3) is 0.311. The molecule has 10 heteroatoms. The molecular weight excluding hydrogens is 720 g/mol. The Bertz CT molecular complexity index is 1940. The molecule has 0 spiro atoms. The molecule has 1 aliphatic rings. The van der Waals surface area contributed by atoms with Crippen molar-refractivity contribution in [2.75, 3.05) is 27.4 Å². The normalized spacial score (nSPS) is 22.2. The molecule has 0 aromatic heterocycles. The zero-order valence-corrected chi connectivity index (χ0v) is 32.0. The largest absolute Gasteiger partial charge is 0.494 e. The van der Waals surface area contributed by atoms with Crippen LogP contribution in [0.2, 0.25) is 5.02 Å². The predicted octanol–water partition coefficient (Wildman–Crippen LogP) is 7.82. The Morgan fingerprint density at radius 1 is 0.709 bits per heavy atom. The molecule has 0 radical (unpaired) electrons. The Morgan fingerprint density at radius 2 is 1.25 bits per heavy atom. The number of esters is 1. The van der Waals surface area contributed by atoms with Crippen LogP contribution in [0.4, 0.5) is 0 Å². The zero-order valence-electron chi connectivity index (χ0n) is 31.3. The number of ether oxygens (including phenoxy) is 7. The molecule has 1 saturated heterocycles. The van der Waals surface area contributed by atoms with Crippen LogP contribution >= 0.6 is 11.6 Å². The molecule has 288 valence electrons. The highest BCUT2D eigenvalue weighted by atomic mass is 35.5. The van der Waals surface area contributed by atoms with Crippen LogP contribution in [0, 0.1) is 0 Å². The van der Waals surface area contributed by atoms with Crippen LogP contribution in [0.3, 0.4) is 0 Å². The van der Waals surface area contributed by atoms with Crippen LogP contribution in [0.25, 0.3) is 0 Å². The Morgan fingerprint density at radius 3 is 1.76 bits per heavy atom. The zero-order chi connectivity index (χ0) is 38.7. The number of carbonyl (C=O) groups excluding carboxylic acids is 1. The van der Waals surface area contributed by atoms with E-state index in [1.165, 1.54) is 14.2 Å². The van der Waals surface area contributed by atoms with Gasteiger partial charge in [-0.05, 0) is 65.4 Å². The Kier molecular flexibility index (Phi) is 13.7. The van der Waals surface area contributed by atoms with Crippen molar-refractivity contribution in [3.8, 4) is 5.75 Å². The van der Waals surface area contributed by atoms with E-state index in [1.807, 2.05) is 128 Å². The minimum absolute atomic E-state index is 0.0668. The molecule has 0 amide bonds. The summed E-state index contributed by atoms with van der Waals surface area (Å²) in [6.07, 6.45) is -2.93. The van der Waals surface area contributed by atoms with E-state index in [1.54, 1.807) is 12.1 Å². The van der Waals surface area contributed by atoms with Gasteiger partial charge in [-0.25, -0.2) is 4.79 Å². The van der Waals surface area contributed by atoms with E-state index in [0.29, 0.717) is 23.6 Å². The lowest BCUT2D eigenvalue weighted by molar-refractivity contribution is -0.406. The van der Waals surface area contributed by atoms with Gasteiger partial charge in [0.25, 0.3) is 0 Å². The molecule has 1 N–H and O–H groups in total. The number of aliphatic hydroxyl groups excluding tert-OH is 1. The van der Waals surface area contributed by atoms with Gasteiger partial charge in [0, 0.05) is 17.7 Å². The average molecular weight is 767 g/mol. The van der Waals surface area contributed by atoms with Crippen molar-refractivity contribution < 1.29 is 43.1 Å². The standard InChI is InChI=1S/C45H47ClO9/c1-4-51-38-23-20-32(21-24-38)26-36-27-37(22-25-39(36)46)45(50-3)42(54-30-35-18-12-7-13-19-35)40(52-28-33-14-8-5-9-15-33)41(44(31-47,55-45)43(48)49-2)53-29-34-16-10-6-11-17-34/h5-25,27,40-42,47H,4,26,28-31H2,1-3H3/t40-,41-,42+,44+,45-/m0/s1. The van der Waals surface area contributed by atoms with Crippen molar-refractivity contribution in [1.29, 1.82) is 0 Å². The van der Waals surface area contributed by atoms with E-state index in [4.69, 9.17) is 44.8 Å². The summed E-state index contributed by atoms with van der Waals surface area (Å²) in [5.74, 6) is -1.96. The summed E-state index contributed by atoms with van der Waals surface area (Å²) in [4.78, 5) is 14.1. The third-order valence-corrected chi connectivity index (χ3v) is 10.1. The monoisotopic (exact) mass is 766 g/mol. The quantitative estimate of drug-likeness (QED) is 0.0950. The molecular formula is C45H47ClO9. The lowest BCUT2D eigenvalue weighted by Crippen LogP contribution is -2.74. The molecule has 0 unspecified atom stereocenters. The summed E-state index contributed by atoms with van der Waals surface area (Å²) in [7, 11) is 2.71. The first-order valence-electron chi connectivity index (χ1n) is 18.3. The molecule has 5 aromatic carbocycles. The van der Waals surface area contributed by atoms with E-state index >= 15 is 0 Å². The smallest absolute Gasteiger partial charge is 0.343 e. The molecule has 6 rings (SSSR count). The Balaban J connectivity index is 1.50. The Labute approximate surface area is 327 Å². The van der Waals surface area contributed by atoms with Crippen LogP contribution in [0.5, 0.6) is 5.75 Å². The maximum absolute atomic E-state index is 14.1. The summed E-state index contributed by atoms with van der Waals surface area (Å²) < 4.78 is 44.7. The highest BCUT2D eigenvalue weighted by Gasteiger charge is 2.68. The molecule has 1 fully saturated rings. The van der Waals surface area contributed by atoms with Gasteiger partial charge < -0.3 is 38.3 Å². The van der Waals surface area contributed by atoms with Gasteiger partial charge in [0.2, 0.25) is 11.4 Å². The van der Waals surface area contributed by atoms with Crippen molar-refractivity contribution in [1.82, 2.24) is 0 Å². The first-order chi connectivity index (χ1) is 26.9. The molecule has 5 aromatic rings. The summed E-state index contributed by atoms with van der Waals surface area (Å²) in [5, 5.41) is 11.9. The van der Waals surface area contributed by atoms with Gasteiger partial charge in [0.15, 0.2) is 0 Å². The second kappa shape index (κ2) is 18.8. The number of rotatable bonds is 17. The molecule has 1 aliphatic heterocycles. The van der Waals surface area contributed by atoms with Crippen LogP contribution in [-0.2, 0) is 65.2 Å². The third-order valence-electron chi connectivity index (χ3n) is 9.74. The minimum atomic E-state index is -2.14. The van der Waals surface area contributed by atoms with E-state index < -0.39 is 42.3 Å². The van der Waals surface area contributed by atoms with Crippen molar-refractivity contribution >= 4 is 17.6 Å². The number of methoxy groups -OCH3 is 2. The number of hydrogen-bond acceptors (Lipinski definition) is 9. The van der Waals surface area contributed by atoms with Gasteiger partial charge in [-0.2, -0.15) is 0 Å². The van der Waals surface area contributed by atoms with E-state index in [2.05, 4.69) is 0 Å². The topological polar surface area (TPSA) is 102 Å². The van der Waals surface area contributed by atoms with Gasteiger partial charge in [-0.1, -0.05) is 121 Å². The lowest BCUT2D eigenvalue weighted by Gasteiger charge is -2.55. The maximum Gasteiger partial charge on any atom is 0.343 e. The number of benzene rings is 5. The van der Waals surface area contributed by atoms with E-state index in [0.717, 1.165) is 33.6 Å². The number of aliphatic hydroxyl groups is 1. The average Bonchev–Trinajstić information content (AvgIpc) is 3.23. The van der Waals surface area contributed by atoms with E-state index in [9.17, 15) is 9.90 Å². The highest BCUT2D eigenvalue weighted by Crippen LogP contribution is 2.48. The van der Waals surface area contributed by atoms with Gasteiger partial charge >= 0.3 is 5.97 Å². The molecule has 1 heterocycles. The van der Waals surface area contributed by atoms with Crippen molar-refractivity contribution in [3.05, 3.63) is 172 Å². The van der Waals surface area contributed by atoms with Gasteiger partial charge in [0.1, 0.15) is 24.1 Å². The maximum atomic E-state index is 14.1. The number of hydrogen-bond donors (Lipinski definition) is 1. The molecule has 5 atom stereocenters. The SMILES string of the molecule is CCOc1ccc(Cc2cc([C@]3(OC)O[C@@](CO)(C(=O)OC)[C@@H](OCc4ccccc4)[C@H](OCc4ccccc4)[C@H]3OCc3ccccc3)ccc2Cl)cc1. The molecule has 0 bridgehead atoms. The second-order valence-electron chi connectivity index (χ2n) is 13.3. The van der Waals surface area contributed by atoms with Crippen molar-refractivity contribution in [2.24, 2.45) is 0 Å². The first kappa shape index (κ1) is 40.1. The first-order valence-corrected chi connectivity index (χ1v) is 18.7. The molecule has 9 nitrogen and oxygen atoms in total. The fourth-order valence-corrected chi connectivity index (χ4v) is 7.14. The summed E-state index contributed by atoms with van der Waals surface area (Å²) in [5.41, 5.74) is 2.70. The van der Waals surface area contributed by atoms with Crippen molar-refractivity contribution in [3.63, 3.8) is 0 Å². The van der Waals surface area contributed by atoms with Crippen LogP contribution in [0.1, 0.15) is 40.3 Å². The van der Waals surface area contributed by atoms with Crippen molar-refractivity contribution in [2.45, 2.75) is 62.9 Å². The van der Waals surface area contributed by atoms with Gasteiger partial charge in [0.05, 0.1) is 40.1 Å². The summed E-state index contributed by atoms with van der Waals surface area (Å²) in [6, 6.07) is 42.0. The van der Waals surface area contributed by atoms with Crippen LogP contribution in [0.15, 0.2) is 133 Å². The van der Waals surface area contributed by atoms with Crippen LogP contribution < -0.4 is 4.74 Å². The van der Waals surface area contributed by atoms with Gasteiger partial charge in [-0.3, -0.25) is 0 Å². The molecule has 0 aliphatic carbocycles. The van der Waals surface area contributed by atoms with Crippen LogP contribution in [-0.4, -0.2) is 62.4 Å². The second-order valence-corrected chi connectivity index (χ2v) is 13.7. The summed E-state index contributed by atoms with van der Waals surface area (Å²) >= 11 is 6.86. The molecule has 0 saturated carbocycles. The van der Waals surface area contributed by atoms with Gasteiger partial charge in [-0.15, -0.1) is 0 Å². The molecule has 55 heavy (non-hydrogen) atoms. The number of carbonyl (C=O) groups is 1. The minimum Gasteiger partial charge on any atom is -0.494 e. The third kappa shape index (κ3) is 9.11. The summed E-state index contributed by atoms with van der Waals surface area (Å²) in [6.45, 7) is 2.00. The number of halogens is 1. The lowest BCUT2D eigenvalue weighted by atomic mass is 9.80. The van der Waals surface area contributed by atoms with E-state index in [-0.39, 0.29) is 19.8 Å².